The Balaban J connectivity index is 3.29. The number of phenols is 1. The van der Waals surface area contributed by atoms with Crippen LogP contribution in [-0.4, -0.2) is 10.9 Å². The number of hydrogen-bond acceptors (Lipinski definition) is 2. The molecule has 0 spiro atoms. The van der Waals surface area contributed by atoms with Gasteiger partial charge in [-0.05, 0) is 36.1 Å². The third-order valence-electron chi connectivity index (χ3n) is 2.63. The molecular weight excluding hydrogens is 188 g/mol. The molecule has 0 amide bonds. The molecule has 2 nitrogen and oxygen atoms in total. The number of hydrogen-bond donors (Lipinski definition) is 1. The molecule has 0 atom stereocenters. The van der Waals surface area contributed by atoms with E-state index in [1.165, 1.54) is 0 Å². The third kappa shape index (κ3) is 2.38. The van der Waals surface area contributed by atoms with Crippen LogP contribution in [0.2, 0.25) is 0 Å². The van der Waals surface area contributed by atoms with Crippen molar-refractivity contribution in [3.63, 3.8) is 0 Å². The topological polar surface area (TPSA) is 37.3 Å². The van der Waals surface area contributed by atoms with Crippen molar-refractivity contribution in [2.45, 2.75) is 40.0 Å². The first kappa shape index (κ1) is 11.8. The Morgan fingerprint density at radius 2 is 2.00 bits per heavy atom. The molecule has 1 aromatic carbocycles. The number of phenolic OH excluding ortho intramolecular Hbond substituents is 1. The van der Waals surface area contributed by atoms with E-state index in [2.05, 4.69) is 13.8 Å². The summed E-state index contributed by atoms with van der Waals surface area (Å²) in [5.41, 5.74) is 2.62. The molecule has 0 saturated heterocycles. The minimum Gasteiger partial charge on any atom is -0.507 e. The van der Waals surface area contributed by atoms with Crippen molar-refractivity contribution in [1.29, 1.82) is 0 Å². The van der Waals surface area contributed by atoms with E-state index in [0.29, 0.717) is 17.9 Å². The van der Waals surface area contributed by atoms with Gasteiger partial charge in [0.05, 0.1) is 5.56 Å². The van der Waals surface area contributed by atoms with E-state index < -0.39 is 0 Å². The molecule has 82 valence electrons. The second kappa shape index (κ2) is 4.47. The van der Waals surface area contributed by atoms with Crippen LogP contribution in [0.3, 0.4) is 0 Å². The summed E-state index contributed by atoms with van der Waals surface area (Å²) in [5, 5.41) is 9.68. The van der Waals surface area contributed by atoms with Gasteiger partial charge in [-0.1, -0.05) is 20.8 Å². The largest absolute Gasteiger partial charge is 0.507 e. The summed E-state index contributed by atoms with van der Waals surface area (Å²) in [5.74, 6) is 0.465. The molecule has 0 radical (unpaired) electrons. The second-order valence-corrected chi connectivity index (χ2v) is 4.16. The lowest BCUT2D eigenvalue weighted by atomic mass is 9.93. The zero-order chi connectivity index (χ0) is 11.6. The summed E-state index contributed by atoms with van der Waals surface area (Å²) >= 11 is 0. The number of aryl methyl sites for hydroxylation is 1. The molecule has 0 unspecified atom stereocenters. The van der Waals surface area contributed by atoms with E-state index in [1.54, 1.807) is 13.0 Å². The number of carbonyl (C=O) groups excluding carboxylic acids is 1. The first-order valence-corrected chi connectivity index (χ1v) is 5.34. The number of ketones is 1. The van der Waals surface area contributed by atoms with Gasteiger partial charge in [0.1, 0.15) is 5.75 Å². The lowest BCUT2D eigenvalue weighted by molar-refractivity contribution is 0.0985. The van der Waals surface area contributed by atoms with E-state index in [0.717, 1.165) is 11.1 Å². The standard InChI is InChI=1S/C13H18O2/c1-5-12(14)11-7-10(8(2)3)9(4)6-13(11)15/h6-8,15H,5H2,1-4H3. The van der Waals surface area contributed by atoms with Gasteiger partial charge in [-0.25, -0.2) is 0 Å². The maximum absolute atomic E-state index is 11.6. The smallest absolute Gasteiger partial charge is 0.166 e. The zero-order valence-corrected chi connectivity index (χ0v) is 9.79. The van der Waals surface area contributed by atoms with Crippen molar-refractivity contribution in [1.82, 2.24) is 0 Å². The average Bonchev–Trinajstić information content (AvgIpc) is 2.16. The second-order valence-electron chi connectivity index (χ2n) is 4.16. The highest BCUT2D eigenvalue weighted by Crippen LogP contribution is 2.27. The van der Waals surface area contributed by atoms with Crippen molar-refractivity contribution in [2.24, 2.45) is 0 Å². The summed E-state index contributed by atoms with van der Waals surface area (Å²) in [4.78, 5) is 11.6. The summed E-state index contributed by atoms with van der Waals surface area (Å²) < 4.78 is 0. The Labute approximate surface area is 90.9 Å². The van der Waals surface area contributed by atoms with Gasteiger partial charge in [0.2, 0.25) is 0 Å². The monoisotopic (exact) mass is 206 g/mol. The zero-order valence-electron chi connectivity index (χ0n) is 9.79. The van der Waals surface area contributed by atoms with E-state index in [9.17, 15) is 9.90 Å². The van der Waals surface area contributed by atoms with Crippen molar-refractivity contribution in [3.05, 3.63) is 28.8 Å². The molecule has 0 aliphatic heterocycles. The minimum atomic E-state index is -0.00519. The molecule has 0 heterocycles. The number of carbonyl (C=O) groups is 1. The normalized spacial score (nSPS) is 10.7. The lowest BCUT2D eigenvalue weighted by Gasteiger charge is -2.12. The maximum Gasteiger partial charge on any atom is 0.166 e. The molecule has 0 aliphatic rings. The summed E-state index contributed by atoms with van der Waals surface area (Å²) in [7, 11) is 0. The average molecular weight is 206 g/mol. The number of rotatable bonds is 3. The number of Topliss-reactive ketones (excluding diaryl/α,β-unsaturated/α-hetero) is 1. The van der Waals surface area contributed by atoms with Crippen LogP contribution in [0.1, 0.15) is 54.6 Å². The Morgan fingerprint density at radius 1 is 1.40 bits per heavy atom. The van der Waals surface area contributed by atoms with E-state index in [4.69, 9.17) is 0 Å². The van der Waals surface area contributed by atoms with Gasteiger partial charge in [-0.2, -0.15) is 0 Å². The molecule has 0 bridgehead atoms. The van der Waals surface area contributed by atoms with Gasteiger partial charge in [0, 0.05) is 6.42 Å². The van der Waals surface area contributed by atoms with Gasteiger partial charge in [-0.15, -0.1) is 0 Å². The fraction of sp³-hybridized carbons (Fsp3) is 0.462. The van der Waals surface area contributed by atoms with Crippen molar-refractivity contribution >= 4 is 5.78 Å². The summed E-state index contributed by atoms with van der Waals surface area (Å²) in [6.45, 7) is 7.92. The van der Waals surface area contributed by atoms with Crippen LogP contribution >= 0.6 is 0 Å². The van der Waals surface area contributed by atoms with Gasteiger partial charge in [-0.3, -0.25) is 4.79 Å². The summed E-state index contributed by atoms with van der Waals surface area (Å²) in [6, 6.07) is 3.50. The molecule has 2 heteroatoms. The van der Waals surface area contributed by atoms with Crippen LogP contribution in [0.5, 0.6) is 5.75 Å². The van der Waals surface area contributed by atoms with Crippen LogP contribution in [0.15, 0.2) is 12.1 Å². The third-order valence-corrected chi connectivity index (χ3v) is 2.63. The van der Waals surface area contributed by atoms with Crippen molar-refractivity contribution in [2.75, 3.05) is 0 Å². The predicted octanol–water partition coefficient (Wildman–Crippen LogP) is 3.42. The molecule has 1 N–H and O–H groups in total. The maximum atomic E-state index is 11.6. The number of benzene rings is 1. The van der Waals surface area contributed by atoms with Crippen LogP contribution in [0.25, 0.3) is 0 Å². The predicted molar refractivity (Wildman–Crippen MR) is 61.6 cm³/mol. The highest BCUT2D eigenvalue weighted by atomic mass is 16.3. The van der Waals surface area contributed by atoms with Crippen LogP contribution in [0, 0.1) is 6.92 Å². The number of aromatic hydroxyl groups is 1. The molecule has 0 aromatic heterocycles. The van der Waals surface area contributed by atoms with Crippen LogP contribution in [0.4, 0.5) is 0 Å². The quantitative estimate of drug-likeness (QED) is 0.769. The van der Waals surface area contributed by atoms with E-state index >= 15 is 0 Å². The SMILES string of the molecule is CCC(=O)c1cc(C(C)C)c(C)cc1O. The summed E-state index contributed by atoms with van der Waals surface area (Å²) in [6.07, 6.45) is 0.425. The molecule has 0 aliphatic carbocycles. The van der Waals surface area contributed by atoms with E-state index in [-0.39, 0.29) is 11.5 Å². The molecule has 1 aromatic rings. The van der Waals surface area contributed by atoms with E-state index in [1.807, 2.05) is 13.0 Å². The Bertz CT molecular complexity index is 378. The Hall–Kier alpha value is -1.31. The molecule has 0 fully saturated rings. The first-order valence-electron chi connectivity index (χ1n) is 5.34. The fourth-order valence-corrected chi connectivity index (χ4v) is 1.75. The van der Waals surface area contributed by atoms with Gasteiger partial charge >= 0.3 is 0 Å². The van der Waals surface area contributed by atoms with Crippen LogP contribution in [-0.2, 0) is 0 Å². The van der Waals surface area contributed by atoms with Crippen LogP contribution < -0.4 is 0 Å². The lowest BCUT2D eigenvalue weighted by Crippen LogP contribution is -2.01. The van der Waals surface area contributed by atoms with Crippen molar-refractivity contribution in [3.8, 4) is 5.75 Å². The highest BCUT2D eigenvalue weighted by molar-refractivity contribution is 5.98. The first-order chi connectivity index (χ1) is 6.97. The van der Waals surface area contributed by atoms with Crippen molar-refractivity contribution < 1.29 is 9.90 Å². The Morgan fingerprint density at radius 3 is 2.47 bits per heavy atom. The van der Waals surface area contributed by atoms with Gasteiger partial charge in [0.25, 0.3) is 0 Å². The Kier molecular flexibility index (Phi) is 3.51. The molecular formula is C13H18O2. The minimum absolute atomic E-state index is 0.00519. The fourth-order valence-electron chi connectivity index (χ4n) is 1.75. The molecule has 15 heavy (non-hydrogen) atoms. The molecule has 1 rings (SSSR count). The molecule has 0 saturated carbocycles. The van der Waals surface area contributed by atoms with Gasteiger partial charge in [0.15, 0.2) is 5.78 Å². The highest BCUT2D eigenvalue weighted by Gasteiger charge is 2.13. The van der Waals surface area contributed by atoms with Gasteiger partial charge < -0.3 is 5.11 Å².